The molecule has 0 aromatic carbocycles. The number of ether oxygens (including phenoxy) is 1. The molecule has 1 aliphatic rings. The van der Waals surface area contributed by atoms with Crippen LogP contribution in [0.5, 0.6) is 0 Å². The van der Waals surface area contributed by atoms with Crippen molar-refractivity contribution in [2.75, 3.05) is 0 Å². The molecule has 1 rings (SSSR count). The van der Waals surface area contributed by atoms with Crippen molar-refractivity contribution in [1.82, 2.24) is 4.90 Å². The second-order valence-corrected chi connectivity index (χ2v) is 25.2. The van der Waals surface area contributed by atoms with Crippen molar-refractivity contribution in [3.8, 4) is 0 Å². The van der Waals surface area contributed by atoms with Crippen LogP contribution in [0.2, 0.25) is 17.2 Å². The minimum absolute atomic E-state index is 0.153. The van der Waals surface area contributed by atoms with Crippen molar-refractivity contribution >= 4 is 24.5 Å². The van der Waals surface area contributed by atoms with Crippen molar-refractivity contribution in [3.63, 3.8) is 0 Å². The van der Waals surface area contributed by atoms with Gasteiger partial charge in [-0.1, -0.05) is 0 Å². The van der Waals surface area contributed by atoms with E-state index in [1.54, 1.807) is 0 Å². The Bertz CT molecular complexity index is 540. The Balaban J connectivity index is 3.34. The second-order valence-electron chi connectivity index (χ2n) is 11.2. The molecule has 0 aromatic rings. The van der Waals surface area contributed by atoms with E-state index in [2.05, 4.69) is 68.4 Å². The molecule has 0 aromatic heterocycles. The summed E-state index contributed by atoms with van der Waals surface area (Å²) in [7, 11) is 0. The monoisotopic (exact) mass is 557 g/mol. The van der Waals surface area contributed by atoms with Gasteiger partial charge in [-0.05, 0) is 0 Å². The zero-order valence-electron chi connectivity index (χ0n) is 23.0. The molecule has 0 N–H and O–H groups in total. The van der Waals surface area contributed by atoms with Crippen LogP contribution in [0.15, 0.2) is 11.8 Å². The number of rotatable bonds is 14. The van der Waals surface area contributed by atoms with Gasteiger partial charge >= 0.3 is 206 Å². The normalized spacial score (nSPS) is 19.6. The molecule has 0 spiro atoms. The van der Waals surface area contributed by atoms with Crippen molar-refractivity contribution < 1.29 is 9.53 Å². The molecular weight excluding hydrogens is 501 g/mol. The number of carbonyl (C=O) groups excluding carboxylic acids is 1. The van der Waals surface area contributed by atoms with E-state index in [-0.39, 0.29) is 18.2 Å². The van der Waals surface area contributed by atoms with Crippen LogP contribution in [0.1, 0.15) is 114 Å². The van der Waals surface area contributed by atoms with Gasteiger partial charge in [-0.15, -0.1) is 0 Å². The van der Waals surface area contributed by atoms with Crippen molar-refractivity contribution in [1.29, 1.82) is 0 Å². The van der Waals surface area contributed by atoms with Crippen molar-refractivity contribution in [2.24, 2.45) is 11.8 Å². The molecule has 0 heterocycles. The summed E-state index contributed by atoms with van der Waals surface area (Å²) in [4.78, 5) is 14.9. The third-order valence-corrected chi connectivity index (χ3v) is 25.0. The van der Waals surface area contributed by atoms with Crippen LogP contribution in [-0.2, 0) is 4.74 Å². The molecule has 188 valence electrons. The Morgan fingerprint density at radius 3 is 1.78 bits per heavy atom. The molecule has 0 aliphatic heterocycles. The van der Waals surface area contributed by atoms with E-state index in [0.29, 0.717) is 5.92 Å². The van der Waals surface area contributed by atoms with E-state index < -0.39 is 18.4 Å². The van der Waals surface area contributed by atoms with Gasteiger partial charge in [0.05, 0.1) is 0 Å². The van der Waals surface area contributed by atoms with Crippen LogP contribution < -0.4 is 0 Å². The molecule has 0 bridgehead atoms. The first-order valence-corrected chi connectivity index (χ1v) is 21.5. The Kier molecular flexibility index (Phi) is 13.9. The van der Waals surface area contributed by atoms with Crippen molar-refractivity contribution in [3.05, 3.63) is 11.8 Å². The molecule has 0 unspecified atom stereocenters. The van der Waals surface area contributed by atoms with Gasteiger partial charge in [-0.25, -0.2) is 0 Å². The molecule has 4 heteroatoms. The fourth-order valence-corrected chi connectivity index (χ4v) is 25.8. The number of hydrogen-bond acceptors (Lipinski definition) is 2. The van der Waals surface area contributed by atoms with Gasteiger partial charge in [0.1, 0.15) is 0 Å². The standard InChI is InChI=1S/C16H28NO2.3C4H9.Sn/c1-11(2)14-7-9-15(10-8-14)19-16(18)17(12(3)4)13(5)6;3*1-3-4-2;/h7,9,11-14H,8,10H2,1-6H3;3*1,3-4H2,2H3;/t14-;;;;/m0..../s1. The molecular formula is C28H55NO2Sn. The summed E-state index contributed by atoms with van der Waals surface area (Å²) in [6, 6.07) is 0.311. The number of amides is 1. The molecule has 32 heavy (non-hydrogen) atoms. The van der Waals surface area contributed by atoms with E-state index in [1.807, 2.05) is 4.90 Å². The van der Waals surface area contributed by atoms with E-state index in [4.69, 9.17) is 4.74 Å². The molecule has 1 aliphatic carbocycles. The summed E-state index contributed by atoms with van der Waals surface area (Å²) in [5, 5.41) is 0. The third kappa shape index (κ3) is 8.54. The maximum atomic E-state index is 13.1. The van der Waals surface area contributed by atoms with Gasteiger partial charge in [0.25, 0.3) is 0 Å². The zero-order valence-corrected chi connectivity index (χ0v) is 25.9. The Labute approximate surface area is 205 Å². The van der Waals surface area contributed by atoms with Crippen LogP contribution in [0.4, 0.5) is 4.79 Å². The van der Waals surface area contributed by atoms with Crippen LogP contribution in [0.25, 0.3) is 0 Å². The molecule has 0 fully saturated rings. The van der Waals surface area contributed by atoms with Gasteiger partial charge < -0.3 is 0 Å². The van der Waals surface area contributed by atoms with E-state index in [0.717, 1.165) is 22.0 Å². The molecule has 3 nitrogen and oxygen atoms in total. The van der Waals surface area contributed by atoms with Gasteiger partial charge in [0, 0.05) is 0 Å². The summed E-state index contributed by atoms with van der Waals surface area (Å²) >= 11 is -2.48. The quantitative estimate of drug-likeness (QED) is 0.200. The third-order valence-electron chi connectivity index (χ3n) is 7.74. The number of hydrogen-bond donors (Lipinski definition) is 0. The number of nitrogens with zero attached hydrogens (tertiary/aromatic N) is 1. The fourth-order valence-electron chi connectivity index (χ4n) is 6.00. The first-order valence-electron chi connectivity index (χ1n) is 13.8. The molecule has 0 saturated carbocycles. The SMILES string of the molecule is CCC[CH2][Sn]([CH2]CCC)([CH2]CCC)[C@@H]1C=C(OC(=O)N(C(C)C)C(C)C)CC[C@H]1C(C)C. The second kappa shape index (κ2) is 14.9. The van der Waals surface area contributed by atoms with Crippen LogP contribution in [0, 0.1) is 11.8 Å². The average Bonchev–Trinajstić information content (AvgIpc) is 2.72. The Hall–Kier alpha value is -0.191. The van der Waals surface area contributed by atoms with Crippen LogP contribution in [0.3, 0.4) is 0 Å². The minimum atomic E-state index is -2.48. The summed E-state index contributed by atoms with van der Waals surface area (Å²) in [6.07, 6.45) is 12.6. The number of unbranched alkanes of at least 4 members (excludes halogenated alkanes) is 3. The summed E-state index contributed by atoms with van der Waals surface area (Å²) in [5.74, 6) is 2.45. The van der Waals surface area contributed by atoms with E-state index in [9.17, 15) is 4.79 Å². The summed E-state index contributed by atoms with van der Waals surface area (Å²) < 4.78 is 11.4. The molecule has 2 atom stereocenters. The number of carbonyl (C=O) groups is 1. The van der Waals surface area contributed by atoms with Crippen LogP contribution in [-0.4, -0.2) is 41.5 Å². The predicted molar refractivity (Wildman–Crippen MR) is 143 cm³/mol. The van der Waals surface area contributed by atoms with Crippen LogP contribution >= 0.6 is 0 Å². The van der Waals surface area contributed by atoms with Crippen molar-refractivity contribution in [2.45, 2.75) is 143 Å². The fraction of sp³-hybridized carbons (Fsp3) is 0.893. The Morgan fingerprint density at radius 1 is 0.938 bits per heavy atom. The average molecular weight is 556 g/mol. The Morgan fingerprint density at radius 2 is 1.41 bits per heavy atom. The first kappa shape index (κ1) is 29.8. The first-order chi connectivity index (χ1) is 15.1. The maximum absolute atomic E-state index is 13.1. The topological polar surface area (TPSA) is 29.5 Å². The molecule has 0 saturated heterocycles. The summed E-state index contributed by atoms with van der Waals surface area (Å²) in [5.41, 5.74) is 0. The van der Waals surface area contributed by atoms with E-state index >= 15 is 0 Å². The zero-order chi connectivity index (χ0) is 24.3. The molecule has 0 radical (unpaired) electrons. The van der Waals surface area contributed by atoms with Gasteiger partial charge in [0.2, 0.25) is 0 Å². The molecule has 1 amide bonds. The van der Waals surface area contributed by atoms with E-state index in [1.165, 1.54) is 58.3 Å². The number of allylic oxidation sites excluding steroid dienone is 2. The summed E-state index contributed by atoms with van der Waals surface area (Å²) in [6.45, 7) is 20.2. The predicted octanol–water partition coefficient (Wildman–Crippen LogP) is 9.41. The van der Waals surface area contributed by atoms with Gasteiger partial charge in [0.15, 0.2) is 0 Å². The van der Waals surface area contributed by atoms with Gasteiger partial charge in [-0.2, -0.15) is 0 Å². The van der Waals surface area contributed by atoms with Gasteiger partial charge in [-0.3, -0.25) is 0 Å².